The van der Waals surface area contributed by atoms with Crippen molar-refractivity contribution in [3.05, 3.63) is 47.8 Å². The summed E-state index contributed by atoms with van der Waals surface area (Å²) in [5, 5.41) is 0. The van der Waals surface area contributed by atoms with Crippen LogP contribution in [-0.4, -0.2) is 41.9 Å². The van der Waals surface area contributed by atoms with Crippen molar-refractivity contribution in [2.45, 2.75) is 37.2 Å². The minimum absolute atomic E-state index is 0.151. The lowest BCUT2D eigenvalue weighted by Gasteiger charge is -2.21. The highest BCUT2D eigenvalue weighted by Crippen LogP contribution is 2.31. The van der Waals surface area contributed by atoms with E-state index in [0.29, 0.717) is 5.82 Å². The second-order valence-electron chi connectivity index (χ2n) is 5.98. The number of nitrogens with one attached hydrogen (secondary N) is 1. The van der Waals surface area contributed by atoms with Crippen LogP contribution in [0.1, 0.15) is 36.0 Å². The second-order valence-corrected chi connectivity index (χ2v) is 7.75. The maximum Gasteiger partial charge on any atom is 0.242 e. The number of likely N-dealkylation sites (tertiary alicyclic amines) is 1. The summed E-state index contributed by atoms with van der Waals surface area (Å²) >= 11 is 0. The predicted molar refractivity (Wildman–Crippen MR) is 89.6 cm³/mol. The summed E-state index contributed by atoms with van der Waals surface area (Å²) in [6.45, 7) is 3.04. The summed E-state index contributed by atoms with van der Waals surface area (Å²) in [6.07, 6.45) is 6.73. The van der Waals surface area contributed by atoms with Crippen molar-refractivity contribution < 1.29 is 8.42 Å². The highest BCUT2D eigenvalue weighted by Gasteiger charge is 2.27. The van der Waals surface area contributed by atoms with Crippen LogP contribution in [0.5, 0.6) is 0 Å². The number of nitrogens with zero attached hydrogens (tertiary/aromatic N) is 4. The van der Waals surface area contributed by atoms with E-state index in [1.54, 1.807) is 18.5 Å². The van der Waals surface area contributed by atoms with Crippen molar-refractivity contribution in [2.75, 3.05) is 13.6 Å². The molecule has 128 valence electrons. The maximum atomic E-state index is 12.4. The molecule has 0 aliphatic carbocycles. The average Bonchev–Trinajstić information content (AvgIpc) is 3.00. The Labute approximate surface area is 142 Å². The van der Waals surface area contributed by atoms with Gasteiger partial charge >= 0.3 is 0 Å². The summed E-state index contributed by atoms with van der Waals surface area (Å²) in [7, 11) is -1.54. The van der Waals surface area contributed by atoms with Crippen molar-refractivity contribution in [3.63, 3.8) is 0 Å². The van der Waals surface area contributed by atoms with Crippen LogP contribution in [0.2, 0.25) is 0 Å². The van der Waals surface area contributed by atoms with E-state index in [1.165, 1.54) is 12.3 Å². The maximum absolute atomic E-state index is 12.4. The Bertz CT molecular complexity index is 810. The number of aryl methyl sites for hydroxylation is 1. The number of hydrogen-bond donors (Lipinski definition) is 1. The third kappa shape index (κ3) is 3.61. The van der Waals surface area contributed by atoms with Crippen molar-refractivity contribution in [1.82, 2.24) is 24.6 Å². The Morgan fingerprint density at radius 3 is 2.88 bits per heavy atom. The summed E-state index contributed by atoms with van der Waals surface area (Å²) in [4.78, 5) is 15.1. The first kappa shape index (κ1) is 16.9. The summed E-state index contributed by atoms with van der Waals surface area (Å²) in [6, 6.07) is 3.33. The molecule has 1 aliphatic rings. The summed E-state index contributed by atoms with van der Waals surface area (Å²) < 4.78 is 27.4. The lowest BCUT2D eigenvalue weighted by atomic mass is 10.1. The topological polar surface area (TPSA) is 88.1 Å². The van der Waals surface area contributed by atoms with Crippen molar-refractivity contribution >= 4 is 10.0 Å². The minimum Gasteiger partial charge on any atom is -0.298 e. The number of rotatable bonds is 5. The molecule has 1 unspecified atom stereocenters. The molecule has 1 fully saturated rings. The predicted octanol–water partition coefficient (Wildman–Crippen LogP) is 1.43. The molecule has 1 saturated heterocycles. The van der Waals surface area contributed by atoms with Gasteiger partial charge < -0.3 is 0 Å². The SMILES string of the molecule is Cc1ncc(CNS(=O)(=O)c2cccnc2)c(C2CCCN2C)n1. The number of hydrogen-bond acceptors (Lipinski definition) is 6. The molecule has 0 spiro atoms. The molecule has 0 saturated carbocycles. The molecular weight excluding hydrogens is 326 g/mol. The zero-order valence-electron chi connectivity index (χ0n) is 13.8. The van der Waals surface area contributed by atoms with E-state index in [-0.39, 0.29) is 17.5 Å². The Balaban J connectivity index is 1.83. The first-order chi connectivity index (χ1) is 11.5. The van der Waals surface area contributed by atoms with Gasteiger partial charge in [0.15, 0.2) is 0 Å². The third-order valence-electron chi connectivity index (χ3n) is 4.25. The molecule has 0 bridgehead atoms. The molecule has 0 radical (unpaired) electrons. The molecule has 2 aromatic rings. The summed E-state index contributed by atoms with van der Waals surface area (Å²) in [5.41, 5.74) is 1.73. The fourth-order valence-electron chi connectivity index (χ4n) is 2.96. The van der Waals surface area contributed by atoms with Gasteiger partial charge in [-0.1, -0.05) is 0 Å². The molecule has 3 heterocycles. The highest BCUT2D eigenvalue weighted by molar-refractivity contribution is 7.89. The van der Waals surface area contributed by atoms with E-state index in [9.17, 15) is 8.42 Å². The standard InChI is InChI=1S/C16H21N5O2S/c1-12-18-9-13(16(20-12)15-6-4-8-21(15)2)10-19-24(22,23)14-5-3-7-17-11-14/h3,5,7,9,11,15,19H,4,6,8,10H2,1-2H3. The molecule has 24 heavy (non-hydrogen) atoms. The number of aromatic nitrogens is 3. The van der Waals surface area contributed by atoms with Crippen molar-refractivity contribution in [1.29, 1.82) is 0 Å². The van der Waals surface area contributed by atoms with Crippen LogP contribution in [0.3, 0.4) is 0 Å². The van der Waals surface area contributed by atoms with Crippen molar-refractivity contribution in [3.8, 4) is 0 Å². The molecule has 0 amide bonds. The molecular formula is C16H21N5O2S. The Hall–Kier alpha value is -1.90. The fourth-order valence-corrected chi connectivity index (χ4v) is 3.92. The van der Waals surface area contributed by atoms with Crippen LogP contribution in [0.4, 0.5) is 0 Å². The van der Waals surface area contributed by atoms with E-state index in [1.807, 2.05) is 6.92 Å². The van der Waals surface area contributed by atoms with Gasteiger partial charge in [-0.2, -0.15) is 0 Å². The van der Waals surface area contributed by atoms with Gasteiger partial charge in [0.05, 0.1) is 11.7 Å². The molecule has 2 aromatic heterocycles. The van der Waals surface area contributed by atoms with Gasteiger partial charge in [-0.25, -0.2) is 23.1 Å². The zero-order valence-corrected chi connectivity index (χ0v) is 14.6. The van der Waals surface area contributed by atoms with Gasteiger partial charge in [0, 0.05) is 30.7 Å². The number of pyridine rings is 1. The van der Waals surface area contributed by atoms with Gasteiger partial charge in [-0.3, -0.25) is 9.88 Å². The van der Waals surface area contributed by atoms with Gasteiger partial charge in [-0.05, 0) is 45.5 Å². The molecule has 3 rings (SSSR count). The molecule has 1 N–H and O–H groups in total. The molecule has 0 aromatic carbocycles. The zero-order chi connectivity index (χ0) is 17.2. The summed E-state index contributed by atoms with van der Waals surface area (Å²) in [5.74, 6) is 0.698. The Morgan fingerprint density at radius 2 is 2.21 bits per heavy atom. The van der Waals surface area contributed by atoms with Crippen molar-refractivity contribution in [2.24, 2.45) is 0 Å². The Morgan fingerprint density at radius 1 is 1.38 bits per heavy atom. The highest BCUT2D eigenvalue weighted by atomic mass is 32.2. The minimum atomic E-state index is -3.60. The lowest BCUT2D eigenvalue weighted by Crippen LogP contribution is -2.26. The van der Waals surface area contributed by atoms with Crippen LogP contribution in [-0.2, 0) is 16.6 Å². The average molecular weight is 347 g/mol. The number of sulfonamides is 1. The smallest absolute Gasteiger partial charge is 0.242 e. The van der Waals surface area contributed by atoms with Crippen LogP contribution in [0.25, 0.3) is 0 Å². The normalized spacial score (nSPS) is 18.8. The second kappa shape index (κ2) is 6.92. The first-order valence-electron chi connectivity index (χ1n) is 7.90. The van der Waals surface area contributed by atoms with Crippen LogP contribution in [0, 0.1) is 6.92 Å². The van der Waals surface area contributed by atoms with Crippen LogP contribution in [0.15, 0.2) is 35.6 Å². The molecule has 8 heteroatoms. The van der Waals surface area contributed by atoms with E-state index in [2.05, 4.69) is 31.6 Å². The van der Waals surface area contributed by atoms with Crippen LogP contribution >= 0.6 is 0 Å². The van der Waals surface area contributed by atoms with Gasteiger partial charge in [0.2, 0.25) is 10.0 Å². The van der Waals surface area contributed by atoms with E-state index in [4.69, 9.17) is 0 Å². The molecule has 7 nitrogen and oxygen atoms in total. The van der Waals surface area contributed by atoms with Gasteiger partial charge in [-0.15, -0.1) is 0 Å². The van der Waals surface area contributed by atoms with E-state index < -0.39 is 10.0 Å². The quantitative estimate of drug-likeness (QED) is 0.880. The fraction of sp³-hybridized carbons (Fsp3) is 0.438. The van der Waals surface area contributed by atoms with E-state index in [0.717, 1.165) is 30.6 Å². The van der Waals surface area contributed by atoms with E-state index >= 15 is 0 Å². The van der Waals surface area contributed by atoms with Gasteiger partial charge in [0.1, 0.15) is 10.7 Å². The first-order valence-corrected chi connectivity index (χ1v) is 9.38. The van der Waals surface area contributed by atoms with Crippen LogP contribution < -0.4 is 4.72 Å². The largest absolute Gasteiger partial charge is 0.298 e. The monoisotopic (exact) mass is 347 g/mol. The lowest BCUT2D eigenvalue weighted by molar-refractivity contribution is 0.309. The molecule has 1 aliphatic heterocycles. The molecule has 1 atom stereocenters. The van der Waals surface area contributed by atoms with Gasteiger partial charge in [0.25, 0.3) is 0 Å². The Kier molecular flexibility index (Phi) is 4.88. The third-order valence-corrected chi connectivity index (χ3v) is 5.64.